The van der Waals surface area contributed by atoms with Gasteiger partial charge in [0.1, 0.15) is 11.0 Å². The van der Waals surface area contributed by atoms with E-state index in [2.05, 4.69) is 10.6 Å². The summed E-state index contributed by atoms with van der Waals surface area (Å²) in [5, 5.41) is 5.68. The molecule has 1 atom stereocenters. The summed E-state index contributed by atoms with van der Waals surface area (Å²) in [5.74, 6) is -0.815. The first-order valence-electron chi connectivity index (χ1n) is 6.68. The Hall–Kier alpha value is -1.75. The van der Waals surface area contributed by atoms with Crippen molar-refractivity contribution >= 4 is 46.6 Å². The zero-order chi connectivity index (χ0) is 16.8. The van der Waals surface area contributed by atoms with E-state index < -0.39 is 22.8 Å². The molecule has 120 valence electrons. The van der Waals surface area contributed by atoms with Gasteiger partial charge in [-0.05, 0) is 36.4 Å². The average Bonchev–Trinajstić information content (AvgIpc) is 2.55. The summed E-state index contributed by atoms with van der Waals surface area (Å²) in [5.41, 5.74) is 0.814. The predicted molar refractivity (Wildman–Crippen MR) is 92.1 cm³/mol. The van der Waals surface area contributed by atoms with E-state index in [0.29, 0.717) is 16.1 Å². The molecular formula is C16H13Cl3N2O2. The number of hydrogen-bond donors (Lipinski definition) is 2. The Kier molecular flexibility index (Phi) is 6.28. The fourth-order valence-electron chi connectivity index (χ4n) is 1.80. The van der Waals surface area contributed by atoms with Gasteiger partial charge in [0.05, 0.1) is 0 Å². The minimum atomic E-state index is -1.01. The lowest BCUT2D eigenvalue weighted by Gasteiger charge is -2.21. The van der Waals surface area contributed by atoms with Crippen molar-refractivity contribution in [3.05, 3.63) is 70.7 Å². The summed E-state index contributed by atoms with van der Waals surface area (Å²) in [6.07, 6.45) is -0.936. The van der Waals surface area contributed by atoms with E-state index in [1.54, 1.807) is 54.6 Å². The molecule has 4 nitrogen and oxygen atoms in total. The minimum Gasteiger partial charge on any atom is -0.329 e. The molecule has 0 aliphatic heterocycles. The molecule has 0 spiro atoms. The van der Waals surface area contributed by atoms with Crippen molar-refractivity contribution in [2.45, 2.75) is 11.0 Å². The third-order valence-electron chi connectivity index (χ3n) is 2.97. The van der Waals surface area contributed by atoms with Gasteiger partial charge in [-0.25, -0.2) is 0 Å². The van der Waals surface area contributed by atoms with Crippen molar-refractivity contribution in [2.24, 2.45) is 0 Å². The smallest absolute Gasteiger partial charge is 0.252 e. The van der Waals surface area contributed by atoms with Gasteiger partial charge in [-0.1, -0.05) is 29.8 Å². The molecule has 0 aliphatic carbocycles. The van der Waals surface area contributed by atoms with Crippen molar-refractivity contribution in [3.63, 3.8) is 0 Å². The van der Waals surface area contributed by atoms with Crippen LogP contribution in [0.3, 0.4) is 0 Å². The highest BCUT2D eigenvalue weighted by Gasteiger charge is 2.22. The lowest BCUT2D eigenvalue weighted by atomic mass is 10.2. The van der Waals surface area contributed by atoms with Crippen LogP contribution in [0.2, 0.25) is 5.02 Å². The zero-order valence-electron chi connectivity index (χ0n) is 11.8. The second-order valence-electron chi connectivity index (χ2n) is 4.63. The Bertz CT molecular complexity index is 675. The third kappa shape index (κ3) is 5.13. The van der Waals surface area contributed by atoms with Crippen LogP contribution in [0, 0.1) is 0 Å². The SMILES string of the molecule is O=C(NC(NC(=O)c1ccc(Cl)cc1)C(Cl)Cl)c1ccccc1. The topological polar surface area (TPSA) is 58.2 Å². The van der Waals surface area contributed by atoms with Crippen LogP contribution in [0.25, 0.3) is 0 Å². The van der Waals surface area contributed by atoms with Gasteiger partial charge in [0, 0.05) is 16.1 Å². The predicted octanol–water partition coefficient (Wildman–Crippen LogP) is 3.63. The first-order chi connectivity index (χ1) is 11.0. The van der Waals surface area contributed by atoms with Crippen LogP contribution in [0.5, 0.6) is 0 Å². The van der Waals surface area contributed by atoms with Gasteiger partial charge in [0.15, 0.2) is 0 Å². The van der Waals surface area contributed by atoms with Gasteiger partial charge in [-0.2, -0.15) is 0 Å². The molecule has 0 bridgehead atoms. The molecule has 0 aromatic heterocycles. The number of nitrogens with one attached hydrogen (secondary N) is 2. The van der Waals surface area contributed by atoms with Gasteiger partial charge < -0.3 is 10.6 Å². The summed E-state index contributed by atoms with van der Waals surface area (Å²) < 4.78 is 0. The molecule has 2 rings (SSSR count). The molecule has 2 aromatic rings. The van der Waals surface area contributed by atoms with Crippen LogP contribution in [-0.4, -0.2) is 22.8 Å². The van der Waals surface area contributed by atoms with E-state index in [1.807, 2.05) is 0 Å². The monoisotopic (exact) mass is 370 g/mol. The quantitative estimate of drug-likeness (QED) is 0.623. The maximum atomic E-state index is 12.2. The lowest BCUT2D eigenvalue weighted by molar-refractivity contribution is 0.0888. The van der Waals surface area contributed by atoms with Crippen LogP contribution in [0.15, 0.2) is 54.6 Å². The Morgan fingerprint density at radius 2 is 1.26 bits per heavy atom. The first-order valence-corrected chi connectivity index (χ1v) is 7.93. The molecule has 0 radical (unpaired) electrons. The van der Waals surface area contributed by atoms with Gasteiger partial charge in [0.2, 0.25) is 0 Å². The Labute approximate surface area is 148 Å². The summed E-state index contributed by atoms with van der Waals surface area (Å²) in [7, 11) is 0. The maximum absolute atomic E-state index is 12.2. The van der Waals surface area contributed by atoms with Crippen LogP contribution in [0.4, 0.5) is 0 Å². The molecular weight excluding hydrogens is 359 g/mol. The largest absolute Gasteiger partial charge is 0.329 e. The third-order valence-corrected chi connectivity index (χ3v) is 3.72. The molecule has 2 amide bonds. The van der Waals surface area contributed by atoms with Crippen LogP contribution < -0.4 is 10.6 Å². The number of amides is 2. The van der Waals surface area contributed by atoms with E-state index in [9.17, 15) is 9.59 Å². The summed E-state index contributed by atoms with van der Waals surface area (Å²) >= 11 is 17.5. The minimum absolute atomic E-state index is 0.377. The van der Waals surface area contributed by atoms with E-state index in [-0.39, 0.29) is 0 Å². The molecule has 2 aromatic carbocycles. The number of halogens is 3. The van der Waals surface area contributed by atoms with Gasteiger partial charge >= 0.3 is 0 Å². The second-order valence-corrected chi connectivity index (χ2v) is 6.23. The fraction of sp³-hybridized carbons (Fsp3) is 0.125. The number of benzene rings is 2. The highest BCUT2D eigenvalue weighted by Crippen LogP contribution is 2.12. The molecule has 23 heavy (non-hydrogen) atoms. The molecule has 0 saturated heterocycles. The number of carbonyl (C=O) groups is 2. The fourth-order valence-corrected chi connectivity index (χ4v) is 2.18. The molecule has 0 aliphatic rings. The van der Waals surface area contributed by atoms with Crippen molar-refractivity contribution in [3.8, 4) is 0 Å². The van der Waals surface area contributed by atoms with Crippen molar-refractivity contribution in [1.29, 1.82) is 0 Å². The summed E-state index contributed by atoms with van der Waals surface area (Å²) in [6.45, 7) is 0. The lowest BCUT2D eigenvalue weighted by Crippen LogP contribution is -2.51. The van der Waals surface area contributed by atoms with Gasteiger partial charge in [-0.15, -0.1) is 23.2 Å². The molecule has 1 unspecified atom stereocenters. The highest BCUT2D eigenvalue weighted by molar-refractivity contribution is 6.45. The van der Waals surface area contributed by atoms with Crippen LogP contribution >= 0.6 is 34.8 Å². The Balaban J connectivity index is 2.05. The summed E-state index contributed by atoms with van der Waals surface area (Å²) in [6, 6.07) is 14.8. The molecule has 2 N–H and O–H groups in total. The van der Waals surface area contributed by atoms with Crippen molar-refractivity contribution in [2.75, 3.05) is 0 Å². The molecule has 0 fully saturated rings. The van der Waals surface area contributed by atoms with E-state index in [1.165, 1.54) is 0 Å². The van der Waals surface area contributed by atoms with Gasteiger partial charge in [-0.3, -0.25) is 9.59 Å². The Morgan fingerprint density at radius 3 is 1.74 bits per heavy atom. The number of hydrogen-bond acceptors (Lipinski definition) is 2. The maximum Gasteiger partial charge on any atom is 0.252 e. The normalized spacial score (nSPS) is 11.8. The number of alkyl halides is 2. The molecule has 0 saturated carbocycles. The number of rotatable bonds is 5. The standard InChI is InChI=1S/C16H13Cl3N2O2/c17-12-8-6-11(7-9-12)16(23)21-14(13(18)19)20-15(22)10-4-2-1-3-5-10/h1-9,13-14H,(H,20,22)(H,21,23). The zero-order valence-corrected chi connectivity index (χ0v) is 14.1. The Morgan fingerprint density at radius 1 is 0.783 bits per heavy atom. The summed E-state index contributed by atoms with van der Waals surface area (Å²) in [4.78, 5) is 23.3. The second kappa shape index (κ2) is 8.20. The average molecular weight is 372 g/mol. The van der Waals surface area contributed by atoms with Crippen molar-refractivity contribution < 1.29 is 9.59 Å². The number of carbonyl (C=O) groups excluding carboxylic acids is 2. The van der Waals surface area contributed by atoms with Crippen LogP contribution in [-0.2, 0) is 0 Å². The molecule has 7 heteroatoms. The van der Waals surface area contributed by atoms with Crippen molar-refractivity contribution in [1.82, 2.24) is 10.6 Å². The highest BCUT2D eigenvalue weighted by atomic mass is 35.5. The first kappa shape index (κ1) is 17.6. The van der Waals surface area contributed by atoms with E-state index in [0.717, 1.165) is 0 Å². The molecule has 0 heterocycles. The van der Waals surface area contributed by atoms with Crippen LogP contribution in [0.1, 0.15) is 20.7 Å². The van der Waals surface area contributed by atoms with E-state index in [4.69, 9.17) is 34.8 Å². The van der Waals surface area contributed by atoms with E-state index >= 15 is 0 Å². The van der Waals surface area contributed by atoms with Gasteiger partial charge in [0.25, 0.3) is 11.8 Å².